The van der Waals surface area contributed by atoms with Gasteiger partial charge in [-0.25, -0.2) is 0 Å². The van der Waals surface area contributed by atoms with E-state index >= 15 is 0 Å². The van der Waals surface area contributed by atoms with Crippen LogP contribution in [0.5, 0.6) is 0 Å². The van der Waals surface area contributed by atoms with E-state index in [9.17, 15) is 4.79 Å². The Kier molecular flexibility index (Phi) is 5.24. The maximum absolute atomic E-state index is 12.1. The van der Waals surface area contributed by atoms with Crippen LogP contribution in [0.4, 0.5) is 0 Å². The van der Waals surface area contributed by atoms with Gasteiger partial charge < -0.3 is 5.32 Å². The quantitative estimate of drug-likeness (QED) is 0.852. The van der Waals surface area contributed by atoms with Crippen molar-refractivity contribution in [1.82, 2.24) is 20.0 Å². The average molecular weight is 318 g/mol. The molecule has 6 heteroatoms. The molecule has 1 fully saturated rings. The molecular weight excluding hydrogens is 296 g/mol. The standard InChI is InChI=1S/C16H22N4OS/c21-16(6-11-20-10-4-7-18-20)17-13-14(15-5-3-12-22-15)19-8-1-2-9-19/h3-5,7,10,12,14H,1-2,6,8-9,11,13H2,(H,17,21)/t14-/m1/s1. The van der Waals surface area contributed by atoms with Crippen molar-refractivity contribution in [3.63, 3.8) is 0 Å². The third-order valence-corrected chi connectivity index (χ3v) is 5.05. The molecule has 2 aromatic heterocycles. The first-order valence-electron chi connectivity index (χ1n) is 7.84. The van der Waals surface area contributed by atoms with Crippen LogP contribution in [0.25, 0.3) is 0 Å². The molecule has 0 bridgehead atoms. The molecule has 0 aliphatic carbocycles. The van der Waals surface area contributed by atoms with Crippen LogP contribution in [-0.4, -0.2) is 40.2 Å². The molecule has 0 spiro atoms. The molecule has 3 heterocycles. The van der Waals surface area contributed by atoms with E-state index in [1.807, 2.05) is 12.3 Å². The third kappa shape index (κ3) is 3.96. The van der Waals surface area contributed by atoms with Crippen LogP contribution >= 0.6 is 11.3 Å². The lowest BCUT2D eigenvalue weighted by atomic mass is 10.2. The van der Waals surface area contributed by atoms with Gasteiger partial charge in [-0.3, -0.25) is 14.4 Å². The fraction of sp³-hybridized carbons (Fsp3) is 0.500. The van der Waals surface area contributed by atoms with Crippen molar-refractivity contribution in [2.45, 2.75) is 31.8 Å². The molecule has 1 aliphatic rings. The predicted octanol–water partition coefficient (Wildman–Crippen LogP) is 2.29. The number of nitrogens with one attached hydrogen (secondary N) is 1. The van der Waals surface area contributed by atoms with Gasteiger partial charge in [0.05, 0.1) is 6.04 Å². The van der Waals surface area contributed by atoms with Gasteiger partial charge in [-0.1, -0.05) is 6.07 Å². The molecule has 0 unspecified atom stereocenters. The van der Waals surface area contributed by atoms with Crippen molar-refractivity contribution in [2.24, 2.45) is 0 Å². The minimum absolute atomic E-state index is 0.0938. The first-order valence-corrected chi connectivity index (χ1v) is 8.72. The Bertz CT molecular complexity index is 561. The lowest BCUT2D eigenvalue weighted by molar-refractivity contribution is -0.121. The normalized spacial score (nSPS) is 16.7. The summed E-state index contributed by atoms with van der Waals surface area (Å²) in [5.41, 5.74) is 0. The van der Waals surface area contributed by atoms with Gasteiger partial charge in [-0.15, -0.1) is 11.3 Å². The molecule has 3 rings (SSSR count). The Morgan fingerprint density at radius 2 is 2.23 bits per heavy atom. The largest absolute Gasteiger partial charge is 0.354 e. The summed E-state index contributed by atoms with van der Waals surface area (Å²) in [6.45, 7) is 3.59. The minimum atomic E-state index is 0.0938. The molecule has 118 valence electrons. The summed E-state index contributed by atoms with van der Waals surface area (Å²) in [5, 5.41) is 9.32. The number of carbonyl (C=O) groups is 1. The van der Waals surface area contributed by atoms with Crippen LogP contribution in [0.1, 0.15) is 30.2 Å². The zero-order chi connectivity index (χ0) is 15.2. The second kappa shape index (κ2) is 7.56. The number of aryl methyl sites for hydroxylation is 1. The van der Waals surface area contributed by atoms with Crippen molar-refractivity contribution in [3.05, 3.63) is 40.8 Å². The SMILES string of the molecule is O=C(CCn1cccn1)NC[C@H](c1cccs1)N1CCCC1. The molecule has 1 amide bonds. The highest BCUT2D eigenvalue weighted by Gasteiger charge is 2.24. The number of hydrogen-bond acceptors (Lipinski definition) is 4. The van der Waals surface area contributed by atoms with E-state index in [0.717, 1.165) is 13.1 Å². The van der Waals surface area contributed by atoms with Crippen LogP contribution in [0.2, 0.25) is 0 Å². The molecule has 1 aliphatic heterocycles. The molecule has 0 radical (unpaired) electrons. The Labute approximate surface area is 134 Å². The van der Waals surface area contributed by atoms with E-state index in [1.54, 1.807) is 22.2 Å². The van der Waals surface area contributed by atoms with Gasteiger partial charge in [0, 0.05) is 36.8 Å². The maximum Gasteiger partial charge on any atom is 0.221 e. The second-order valence-electron chi connectivity index (χ2n) is 5.60. The van der Waals surface area contributed by atoms with E-state index in [1.165, 1.54) is 17.7 Å². The van der Waals surface area contributed by atoms with E-state index < -0.39 is 0 Å². The van der Waals surface area contributed by atoms with Crippen molar-refractivity contribution in [2.75, 3.05) is 19.6 Å². The minimum Gasteiger partial charge on any atom is -0.354 e. The molecule has 2 aromatic rings. The molecule has 5 nitrogen and oxygen atoms in total. The number of carbonyl (C=O) groups excluding carboxylic acids is 1. The smallest absolute Gasteiger partial charge is 0.221 e. The van der Waals surface area contributed by atoms with E-state index in [-0.39, 0.29) is 5.91 Å². The molecule has 1 atom stereocenters. The van der Waals surface area contributed by atoms with Crippen LogP contribution in [0, 0.1) is 0 Å². The van der Waals surface area contributed by atoms with Crippen LogP contribution in [0.15, 0.2) is 36.0 Å². The van der Waals surface area contributed by atoms with Crippen molar-refractivity contribution in [1.29, 1.82) is 0 Å². The maximum atomic E-state index is 12.1. The fourth-order valence-corrected chi connectivity index (χ4v) is 3.75. The summed E-state index contributed by atoms with van der Waals surface area (Å²) in [7, 11) is 0. The summed E-state index contributed by atoms with van der Waals surface area (Å²) < 4.78 is 1.79. The molecule has 1 N–H and O–H groups in total. The van der Waals surface area contributed by atoms with Gasteiger partial charge in [0.1, 0.15) is 0 Å². The van der Waals surface area contributed by atoms with Crippen molar-refractivity contribution >= 4 is 17.2 Å². The number of rotatable bonds is 7. The van der Waals surface area contributed by atoms with Gasteiger partial charge in [0.25, 0.3) is 0 Å². The van der Waals surface area contributed by atoms with E-state index in [4.69, 9.17) is 0 Å². The number of likely N-dealkylation sites (tertiary alicyclic amines) is 1. The molecule has 22 heavy (non-hydrogen) atoms. The number of thiophene rings is 1. The monoisotopic (exact) mass is 318 g/mol. The lowest BCUT2D eigenvalue weighted by Gasteiger charge is -2.26. The number of nitrogens with zero attached hydrogens (tertiary/aromatic N) is 3. The molecule has 0 aromatic carbocycles. The first-order chi connectivity index (χ1) is 10.8. The van der Waals surface area contributed by atoms with Crippen molar-refractivity contribution < 1.29 is 4.79 Å². The van der Waals surface area contributed by atoms with E-state index in [2.05, 4.69) is 32.8 Å². The zero-order valence-corrected chi connectivity index (χ0v) is 13.5. The van der Waals surface area contributed by atoms with Gasteiger partial charge in [0.15, 0.2) is 0 Å². The number of amides is 1. The summed E-state index contributed by atoms with van der Waals surface area (Å²) >= 11 is 1.77. The first kappa shape index (κ1) is 15.2. The summed E-state index contributed by atoms with van der Waals surface area (Å²) in [4.78, 5) is 15.9. The van der Waals surface area contributed by atoms with Crippen LogP contribution in [0.3, 0.4) is 0 Å². The Balaban J connectivity index is 1.51. The lowest BCUT2D eigenvalue weighted by Crippen LogP contribution is -2.36. The van der Waals surface area contributed by atoms with Gasteiger partial charge in [-0.2, -0.15) is 5.10 Å². The molecule has 0 saturated carbocycles. The highest BCUT2D eigenvalue weighted by molar-refractivity contribution is 7.10. The predicted molar refractivity (Wildman–Crippen MR) is 87.7 cm³/mol. The van der Waals surface area contributed by atoms with Crippen LogP contribution in [-0.2, 0) is 11.3 Å². The highest BCUT2D eigenvalue weighted by Crippen LogP contribution is 2.27. The second-order valence-corrected chi connectivity index (χ2v) is 6.58. The number of aromatic nitrogens is 2. The van der Waals surface area contributed by atoms with E-state index in [0.29, 0.717) is 25.6 Å². The molecular formula is C16H22N4OS. The van der Waals surface area contributed by atoms with Crippen molar-refractivity contribution in [3.8, 4) is 0 Å². The van der Waals surface area contributed by atoms with Gasteiger partial charge in [0.2, 0.25) is 5.91 Å². The summed E-state index contributed by atoms with van der Waals surface area (Å²) in [6, 6.07) is 6.45. The average Bonchev–Trinajstić information content (AvgIpc) is 3.27. The summed E-state index contributed by atoms with van der Waals surface area (Å²) in [6.07, 6.45) is 6.60. The highest BCUT2D eigenvalue weighted by atomic mass is 32.1. The topological polar surface area (TPSA) is 50.2 Å². The zero-order valence-electron chi connectivity index (χ0n) is 12.6. The molecule has 1 saturated heterocycles. The Morgan fingerprint density at radius 3 is 2.91 bits per heavy atom. The number of hydrogen-bond donors (Lipinski definition) is 1. The fourth-order valence-electron chi connectivity index (χ4n) is 2.89. The van der Waals surface area contributed by atoms with Gasteiger partial charge in [-0.05, 0) is 43.4 Å². The third-order valence-electron chi connectivity index (χ3n) is 4.07. The Morgan fingerprint density at radius 1 is 1.36 bits per heavy atom. The van der Waals surface area contributed by atoms with Crippen LogP contribution < -0.4 is 5.32 Å². The summed E-state index contributed by atoms with van der Waals surface area (Å²) in [5.74, 6) is 0.0938. The Hall–Kier alpha value is -1.66. The van der Waals surface area contributed by atoms with Gasteiger partial charge >= 0.3 is 0 Å².